The van der Waals surface area contributed by atoms with Gasteiger partial charge in [-0.2, -0.15) is 0 Å². The summed E-state index contributed by atoms with van der Waals surface area (Å²) in [6, 6.07) is 6.70. The summed E-state index contributed by atoms with van der Waals surface area (Å²) < 4.78 is 12.0. The van der Waals surface area contributed by atoms with Crippen LogP contribution in [0.4, 0.5) is 0 Å². The Morgan fingerprint density at radius 3 is 2.61 bits per heavy atom. The highest BCUT2D eigenvalue weighted by molar-refractivity contribution is 7.85. The molecule has 102 valence electrons. The lowest BCUT2D eigenvalue weighted by Crippen LogP contribution is -2.27. The van der Waals surface area contributed by atoms with Crippen molar-refractivity contribution in [3.05, 3.63) is 34.9 Å². The van der Waals surface area contributed by atoms with E-state index in [1.54, 1.807) is 0 Å². The van der Waals surface area contributed by atoms with Crippen molar-refractivity contribution in [1.82, 2.24) is 5.32 Å². The highest BCUT2D eigenvalue weighted by atomic mass is 32.2. The highest BCUT2D eigenvalue weighted by Crippen LogP contribution is 2.20. The summed E-state index contributed by atoms with van der Waals surface area (Å²) in [5.74, 6) is 1.51. The van der Waals surface area contributed by atoms with Crippen molar-refractivity contribution in [3.63, 3.8) is 0 Å². The lowest BCUT2D eigenvalue weighted by Gasteiger charge is -2.20. The Labute approximate surface area is 114 Å². The maximum absolute atomic E-state index is 12.0. The van der Waals surface area contributed by atoms with E-state index in [4.69, 9.17) is 0 Å². The normalized spacial score (nSPS) is 14.4. The Kier molecular flexibility index (Phi) is 6.58. The van der Waals surface area contributed by atoms with Crippen LogP contribution < -0.4 is 5.32 Å². The van der Waals surface area contributed by atoms with Gasteiger partial charge in [-0.3, -0.25) is 4.21 Å². The Morgan fingerprint density at radius 1 is 1.28 bits per heavy atom. The van der Waals surface area contributed by atoms with E-state index >= 15 is 0 Å². The van der Waals surface area contributed by atoms with Crippen LogP contribution in [0, 0.1) is 13.8 Å². The summed E-state index contributed by atoms with van der Waals surface area (Å²) >= 11 is 0. The van der Waals surface area contributed by atoms with Crippen molar-refractivity contribution >= 4 is 10.8 Å². The fourth-order valence-electron chi connectivity index (χ4n) is 2.14. The predicted molar refractivity (Wildman–Crippen MR) is 80.5 cm³/mol. The third-order valence-corrected chi connectivity index (χ3v) is 4.61. The molecule has 0 spiro atoms. The van der Waals surface area contributed by atoms with E-state index in [-0.39, 0.29) is 6.04 Å². The average molecular weight is 267 g/mol. The molecular weight excluding hydrogens is 242 g/mol. The highest BCUT2D eigenvalue weighted by Gasteiger charge is 2.15. The second-order valence-corrected chi connectivity index (χ2v) is 6.40. The molecule has 0 fully saturated rings. The fourth-order valence-corrected chi connectivity index (χ4v) is 3.43. The van der Waals surface area contributed by atoms with Crippen molar-refractivity contribution < 1.29 is 4.21 Å². The summed E-state index contributed by atoms with van der Waals surface area (Å²) in [4.78, 5) is 0. The van der Waals surface area contributed by atoms with Crippen molar-refractivity contribution in [3.8, 4) is 0 Å². The van der Waals surface area contributed by atoms with Crippen LogP contribution >= 0.6 is 0 Å². The van der Waals surface area contributed by atoms with E-state index in [0.29, 0.717) is 5.75 Å². The molecule has 0 amide bonds. The van der Waals surface area contributed by atoms with Gasteiger partial charge in [0, 0.05) is 28.3 Å². The molecule has 1 aromatic carbocycles. The van der Waals surface area contributed by atoms with Crippen LogP contribution in [0.15, 0.2) is 18.2 Å². The smallest absolute Gasteiger partial charge is 0.0439 e. The molecule has 0 bridgehead atoms. The molecule has 18 heavy (non-hydrogen) atoms. The van der Waals surface area contributed by atoms with Gasteiger partial charge in [-0.15, -0.1) is 0 Å². The molecule has 0 aliphatic rings. The molecule has 0 heterocycles. The first-order valence-corrected chi connectivity index (χ1v) is 8.22. The van der Waals surface area contributed by atoms with Crippen molar-refractivity contribution in [2.45, 2.75) is 40.2 Å². The van der Waals surface area contributed by atoms with Gasteiger partial charge in [-0.25, -0.2) is 0 Å². The maximum atomic E-state index is 12.0. The number of rotatable bonds is 7. The van der Waals surface area contributed by atoms with E-state index in [1.165, 1.54) is 16.7 Å². The maximum Gasteiger partial charge on any atom is 0.0439 e. The monoisotopic (exact) mass is 267 g/mol. The van der Waals surface area contributed by atoms with E-state index in [9.17, 15) is 4.21 Å². The van der Waals surface area contributed by atoms with Gasteiger partial charge < -0.3 is 5.32 Å². The van der Waals surface area contributed by atoms with Crippen LogP contribution in [0.1, 0.15) is 43.0 Å². The summed E-state index contributed by atoms with van der Waals surface area (Å²) in [5.41, 5.74) is 3.83. The Balaban J connectivity index is 2.89. The SMILES string of the molecule is CCCS(=O)CC(NCC)c1cc(C)ccc1C. The first-order valence-electron chi connectivity index (χ1n) is 6.74. The van der Waals surface area contributed by atoms with E-state index < -0.39 is 10.8 Å². The molecule has 1 rings (SSSR count). The molecule has 0 aliphatic carbocycles. The number of nitrogens with one attached hydrogen (secondary N) is 1. The molecule has 3 heteroatoms. The molecule has 1 N–H and O–H groups in total. The minimum absolute atomic E-state index is 0.210. The van der Waals surface area contributed by atoms with Gasteiger partial charge in [0.05, 0.1) is 0 Å². The third kappa shape index (κ3) is 4.54. The predicted octanol–water partition coefficient (Wildman–Crippen LogP) is 3.11. The van der Waals surface area contributed by atoms with Crippen LogP contribution in [0.5, 0.6) is 0 Å². The van der Waals surface area contributed by atoms with Crippen LogP contribution in [-0.2, 0) is 10.8 Å². The van der Waals surface area contributed by atoms with Crippen molar-refractivity contribution in [1.29, 1.82) is 0 Å². The minimum atomic E-state index is -0.729. The zero-order chi connectivity index (χ0) is 13.5. The summed E-state index contributed by atoms with van der Waals surface area (Å²) in [7, 11) is -0.729. The molecule has 0 saturated carbocycles. The number of hydrogen-bond donors (Lipinski definition) is 1. The van der Waals surface area contributed by atoms with E-state index in [0.717, 1.165) is 18.7 Å². The molecule has 0 radical (unpaired) electrons. The molecule has 2 atom stereocenters. The van der Waals surface area contributed by atoms with Gasteiger partial charge in [-0.1, -0.05) is 37.6 Å². The topological polar surface area (TPSA) is 29.1 Å². The number of benzene rings is 1. The standard InChI is InChI=1S/C15H25NOS/c1-5-9-18(17)11-15(16-6-2)14-10-12(3)7-8-13(14)4/h7-8,10,15-16H,5-6,9,11H2,1-4H3. The molecule has 2 unspecified atom stereocenters. The van der Waals surface area contributed by atoms with Gasteiger partial charge in [0.2, 0.25) is 0 Å². The zero-order valence-electron chi connectivity index (χ0n) is 12.0. The summed E-state index contributed by atoms with van der Waals surface area (Å²) in [6.07, 6.45) is 0.984. The van der Waals surface area contributed by atoms with Crippen LogP contribution in [0.25, 0.3) is 0 Å². The third-order valence-electron chi connectivity index (χ3n) is 3.05. The lowest BCUT2D eigenvalue weighted by atomic mass is 10.00. The Morgan fingerprint density at radius 2 is 2.00 bits per heavy atom. The second-order valence-electron chi connectivity index (χ2n) is 4.78. The van der Waals surface area contributed by atoms with Gasteiger partial charge >= 0.3 is 0 Å². The first-order chi connectivity index (χ1) is 8.58. The molecular formula is C15H25NOS. The van der Waals surface area contributed by atoms with E-state index in [1.807, 2.05) is 0 Å². The molecule has 0 aliphatic heterocycles. The van der Waals surface area contributed by atoms with Crippen LogP contribution in [-0.4, -0.2) is 22.3 Å². The number of hydrogen-bond acceptors (Lipinski definition) is 2. The van der Waals surface area contributed by atoms with E-state index in [2.05, 4.69) is 51.2 Å². The molecule has 1 aromatic rings. The van der Waals surface area contributed by atoms with Gasteiger partial charge in [0.1, 0.15) is 0 Å². The van der Waals surface area contributed by atoms with Crippen LogP contribution in [0.2, 0.25) is 0 Å². The lowest BCUT2D eigenvalue weighted by molar-refractivity contribution is 0.591. The quantitative estimate of drug-likeness (QED) is 0.822. The molecule has 0 aromatic heterocycles. The summed E-state index contributed by atoms with van der Waals surface area (Å²) in [5, 5.41) is 3.46. The molecule has 0 saturated heterocycles. The Hall–Kier alpha value is -0.670. The first kappa shape index (κ1) is 15.4. The minimum Gasteiger partial charge on any atom is -0.309 e. The largest absolute Gasteiger partial charge is 0.309 e. The van der Waals surface area contributed by atoms with Crippen molar-refractivity contribution in [2.75, 3.05) is 18.1 Å². The second kappa shape index (κ2) is 7.70. The molecule has 2 nitrogen and oxygen atoms in total. The number of aryl methyl sites for hydroxylation is 2. The van der Waals surface area contributed by atoms with Gasteiger partial charge in [0.15, 0.2) is 0 Å². The van der Waals surface area contributed by atoms with Crippen LogP contribution in [0.3, 0.4) is 0 Å². The fraction of sp³-hybridized carbons (Fsp3) is 0.600. The zero-order valence-corrected chi connectivity index (χ0v) is 12.8. The van der Waals surface area contributed by atoms with Gasteiger partial charge in [0.25, 0.3) is 0 Å². The van der Waals surface area contributed by atoms with Crippen molar-refractivity contribution in [2.24, 2.45) is 0 Å². The summed E-state index contributed by atoms with van der Waals surface area (Å²) in [6.45, 7) is 9.32. The average Bonchev–Trinajstić information content (AvgIpc) is 2.32. The Bertz CT molecular complexity index is 403. The van der Waals surface area contributed by atoms with Gasteiger partial charge in [-0.05, 0) is 37.9 Å².